The summed E-state index contributed by atoms with van der Waals surface area (Å²) in [6.45, 7) is 6.63. The number of hydrogen-bond donors (Lipinski definition) is 1. The summed E-state index contributed by atoms with van der Waals surface area (Å²) in [7, 11) is 1.89. The number of carbonyl (C=O) groups excluding carboxylic acids is 1. The van der Waals surface area contributed by atoms with E-state index in [-0.39, 0.29) is 11.9 Å². The summed E-state index contributed by atoms with van der Waals surface area (Å²) in [5, 5.41) is 8.67. The van der Waals surface area contributed by atoms with Gasteiger partial charge in [-0.25, -0.2) is 9.67 Å². The van der Waals surface area contributed by atoms with Crippen molar-refractivity contribution in [3.8, 4) is 0 Å². The molecule has 32 heavy (non-hydrogen) atoms. The molecule has 3 fully saturated rings. The summed E-state index contributed by atoms with van der Waals surface area (Å²) in [4.78, 5) is 23.0. The highest BCUT2D eigenvalue weighted by atomic mass is 16.2. The molecule has 2 aromatic rings. The van der Waals surface area contributed by atoms with Crippen LogP contribution in [0.3, 0.4) is 0 Å². The Kier molecular flexibility index (Phi) is 6.35. The molecule has 0 radical (unpaired) electrons. The second-order valence-electron chi connectivity index (χ2n) is 10.1. The zero-order valence-corrected chi connectivity index (χ0v) is 19.7. The van der Waals surface area contributed by atoms with Gasteiger partial charge in [0.05, 0.1) is 5.39 Å². The third-order valence-electron chi connectivity index (χ3n) is 7.81. The van der Waals surface area contributed by atoms with Gasteiger partial charge in [-0.15, -0.1) is 0 Å². The quantitative estimate of drug-likeness (QED) is 0.771. The Morgan fingerprint density at radius 1 is 1.00 bits per heavy atom. The van der Waals surface area contributed by atoms with E-state index in [0.717, 1.165) is 61.8 Å². The van der Waals surface area contributed by atoms with Gasteiger partial charge in [-0.2, -0.15) is 5.10 Å². The van der Waals surface area contributed by atoms with Gasteiger partial charge in [-0.3, -0.25) is 4.79 Å². The van der Waals surface area contributed by atoms with E-state index in [2.05, 4.69) is 33.2 Å². The van der Waals surface area contributed by atoms with Crippen LogP contribution >= 0.6 is 0 Å². The first-order chi connectivity index (χ1) is 15.6. The molecule has 1 atom stereocenters. The lowest BCUT2D eigenvalue weighted by atomic mass is 10.0. The fourth-order valence-corrected chi connectivity index (χ4v) is 5.52. The molecule has 5 rings (SSSR count). The molecule has 0 aromatic carbocycles. The van der Waals surface area contributed by atoms with Crippen molar-refractivity contribution in [1.29, 1.82) is 0 Å². The second-order valence-corrected chi connectivity index (χ2v) is 10.1. The van der Waals surface area contributed by atoms with E-state index >= 15 is 0 Å². The van der Waals surface area contributed by atoms with Crippen LogP contribution in [0.4, 0.5) is 5.82 Å². The van der Waals surface area contributed by atoms with Crippen molar-refractivity contribution in [2.75, 3.05) is 31.1 Å². The number of aromatic nitrogens is 3. The molecular weight excluding hydrogens is 400 g/mol. The Hall–Kier alpha value is -2.15. The third kappa shape index (κ3) is 4.63. The topological polar surface area (TPSA) is 66.3 Å². The van der Waals surface area contributed by atoms with Crippen LogP contribution in [0.2, 0.25) is 0 Å². The van der Waals surface area contributed by atoms with Crippen molar-refractivity contribution >= 4 is 22.8 Å². The summed E-state index contributed by atoms with van der Waals surface area (Å²) < 4.78 is 1.76. The normalized spacial score (nSPS) is 22.5. The maximum Gasteiger partial charge on any atom is 0.272 e. The zero-order valence-electron chi connectivity index (χ0n) is 19.7. The third-order valence-corrected chi connectivity index (χ3v) is 7.81. The number of fused-ring (bicyclic) bond motifs is 1. The number of rotatable bonds is 5. The highest BCUT2D eigenvalue weighted by Crippen LogP contribution is 2.36. The molecule has 7 heteroatoms. The minimum absolute atomic E-state index is 0.0647. The fourth-order valence-electron chi connectivity index (χ4n) is 5.52. The van der Waals surface area contributed by atoms with Crippen LogP contribution in [-0.4, -0.2) is 63.8 Å². The average molecular weight is 439 g/mol. The maximum atomic E-state index is 13.1. The predicted molar refractivity (Wildman–Crippen MR) is 128 cm³/mol. The molecule has 1 aliphatic carbocycles. The van der Waals surface area contributed by atoms with Crippen molar-refractivity contribution in [3.63, 3.8) is 0 Å². The van der Waals surface area contributed by atoms with Crippen LogP contribution in [0.1, 0.15) is 75.2 Å². The minimum atomic E-state index is -0.0647. The van der Waals surface area contributed by atoms with Crippen molar-refractivity contribution < 1.29 is 4.79 Å². The Morgan fingerprint density at radius 3 is 2.38 bits per heavy atom. The molecule has 174 valence electrons. The molecule has 0 spiro atoms. The molecular formula is C25H38N6O. The molecule has 0 bridgehead atoms. The lowest BCUT2D eigenvalue weighted by molar-refractivity contribution is 0.0884. The minimum Gasteiger partial charge on any atom is -0.357 e. The number of likely N-dealkylation sites (tertiary alicyclic amines) is 1. The summed E-state index contributed by atoms with van der Waals surface area (Å²) in [6.07, 6.45) is 11.2. The number of piperidine rings is 1. The van der Waals surface area contributed by atoms with E-state index < -0.39 is 0 Å². The number of anilines is 1. The van der Waals surface area contributed by atoms with Crippen LogP contribution in [0.5, 0.6) is 0 Å². The molecule has 1 unspecified atom stereocenters. The van der Waals surface area contributed by atoms with E-state index in [1.165, 1.54) is 44.9 Å². The van der Waals surface area contributed by atoms with Gasteiger partial charge >= 0.3 is 0 Å². The number of pyridine rings is 1. The van der Waals surface area contributed by atoms with Crippen LogP contribution in [0.15, 0.2) is 12.1 Å². The Labute approximate surface area is 191 Å². The zero-order chi connectivity index (χ0) is 22.1. The first kappa shape index (κ1) is 21.7. The van der Waals surface area contributed by atoms with Crippen LogP contribution in [0.25, 0.3) is 11.0 Å². The number of hydrogen-bond acceptors (Lipinski definition) is 5. The van der Waals surface area contributed by atoms with E-state index in [0.29, 0.717) is 11.7 Å². The van der Waals surface area contributed by atoms with Gasteiger partial charge in [-0.05, 0) is 63.5 Å². The smallest absolute Gasteiger partial charge is 0.272 e. The van der Waals surface area contributed by atoms with Crippen LogP contribution in [0, 0.1) is 5.92 Å². The van der Waals surface area contributed by atoms with Crippen molar-refractivity contribution in [3.05, 3.63) is 17.8 Å². The fraction of sp³-hybridized carbons (Fsp3) is 0.720. The van der Waals surface area contributed by atoms with Crippen molar-refractivity contribution in [1.82, 2.24) is 25.0 Å². The SMILES string of the molecule is CC(C1CC1)N1CCC(NC(=O)c2nn(C)c3nc(N4CCCCCCC4)ccc23)CC1. The molecule has 1 amide bonds. The lowest BCUT2D eigenvalue weighted by Crippen LogP contribution is -2.47. The maximum absolute atomic E-state index is 13.1. The standard InChI is InChI=1S/C25H38N6O/c1-18(19-8-9-19)30-16-12-20(13-17-30)26-25(32)23-21-10-11-22(27-24(21)29(2)28-23)31-14-6-4-3-5-7-15-31/h10-11,18-20H,3-9,12-17H2,1-2H3,(H,26,32). The highest BCUT2D eigenvalue weighted by molar-refractivity contribution is 6.04. The summed E-state index contributed by atoms with van der Waals surface area (Å²) >= 11 is 0. The van der Waals surface area contributed by atoms with Gasteiger partial charge in [0.1, 0.15) is 5.82 Å². The van der Waals surface area contributed by atoms with Crippen LogP contribution in [-0.2, 0) is 7.05 Å². The molecule has 7 nitrogen and oxygen atoms in total. The monoisotopic (exact) mass is 438 g/mol. The molecule has 4 heterocycles. The molecule has 2 saturated heterocycles. The lowest BCUT2D eigenvalue weighted by Gasteiger charge is -2.36. The van der Waals surface area contributed by atoms with E-state index in [1.807, 2.05) is 13.1 Å². The number of nitrogens with one attached hydrogen (secondary N) is 1. The molecule has 2 aromatic heterocycles. The Balaban J connectivity index is 1.25. The number of amides is 1. The first-order valence-corrected chi connectivity index (χ1v) is 12.7. The summed E-state index contributed by atoms with van der Waals surface area (Å²) in [5.41, 5.74) is 1.30. The van der Waals surface area contributed by atoms with Gasteiger partial charge in [0, 0.05) is 45.3 Å². The first-order valence-electron chi connectivity index (χ1n) is 12.7. The van der Waals surface area contributed by atoms with Crippen LogP contribution < -0.4 is 10.2 Å². The van der Waals surface area contributed by atoms with E-state index in [9.17, 15) is 4.79 Å². The number of nitrogens with zero attached hydrogens (tertiary/aromatic N) is 5. The molecule has 2 aliphatic heterocycles. The van der Waals surface area contributed by atoms with Gasteiger partial charge in [0.25, 0.3) is 5.91 Å². The Morgan fingerprint density at radius 2 is 1.69 bits per heavy atom. The summed E-state index contributed by atoms with van der Waals surface area (Å²) in [5.74, 6) is 1.84. The van der Waals surface area contributed by atoms with Gasteiger partial charge in [-0.1, -0.05) is 19.3 Å². The van der Waals surface area contributed by atoms with Gasteiger partial charge in [0.2, 0.25) is 0 Å². The Bertz CT molecular complexity index is 935. The second kappa shape index (κ2) is 9.38. The van der Waals surface area contributed by atoms with Crippen molar-refractivity contribution in [2.24, 2.45) is 13.0 Å². The molecule has 3 aliphatic rings. The largest absolute Gasteiger partial charge is 0.357 e. The van der Waals surface area contributed by atoms with E-state index in [1.54, 1.807) is 4.68 Å². The highest BCUT2D eigenvalue weighted by Gasteiger charge is 2.34. The number of carbonyl (C=O) groups is 1. The van der Waals surface area contributed by atoms with Gasteiger partial charge < -0.3 is 15.1 Å². The van der Waals surface area contributed by atoms with Crippen molar-refractivity contribution in [2.45, 2.75) is 76.8 Å². The number of aryl methyl sites for hydroxylation is 1. The molecule has 1 saturated carbocycles. The molecule has 1 N–H and O–H groups in total. The summed E-state index contributed by atoms with van der Waals surface area (Å²) in [6, 6.07) is 5.04. The predicted octanol–water partition coefficient (Wildman–Crippen LogP) is 3.73. The average Bonchev–Trinajstić information content (AvgIpc) is 3.57. The van der Waals surface area contributed by atoms with E-state index in [4.69, 9.17) is 4.98 Å². The van der Waals surface area contributed by atoms with Gasteiger partial charge in [0.15, 0.2) is 11.3 Å².